The first kappa shape index (κ1) is 63.6. The number of benzene rings is 2. The number of fused-ring (bicyclic) bond motifs is 2. The first-order valence-electron chi connectivity index (χ1n) is 31.0. The van der Waals surface area contributed by atoms with Gasteiger partial charge in [-0.1, -0.05) is 13.8 Å². The van der Waals surface area contributed by atoms with Crippen molar-refractivity contribution in [2.45, 2.75) is 140 Å². The van der Waals surface area contributed by atoms with Crippen LogP contribution in [0.3, 0.4) is 0 Å². The van der Waals surface area contributed by atoms with Crippen LogP contribution in [-0.2, 0) is 22.6 Å². The summed E-state index contributed by atoms with van der Waals surface area (Å²) in [4.78, 5) is 56.2. The zero-order valence-electron chi connectivity index (χ0n) is 54.0. The molecule has 0 radical (unpaired) electrons. The monoisotopic (exact) mass is 1190 g/mol. The number of ether oxygens (including phenoxy) is 3. The first-order valence-corrected chi connectivity index (χ1v) is 31.0. The molecule has 10 rings (SSSR count). The van der Waals surface area contributed by atoms with E-state index in [0.29, 0.717) is 62.3 Å². The number of pyridine rings is 2. The number of aryl methyl sites for hydroxylation is 3. The molecule has 87 heavy (non-hydrogen) atoms. The number of hydrazine groups is 1. The van der Waals surface area contributed by atoms with Crippen molar-refractivity contribution < 1.29 is 28.6 Å². The van der Waals surface area contributed by atoms with Gasteiger partial charge in [0.2, 0.25) is 5.88 Å². The van der Waals surface area contributed by atoms with Crippen molar-refractivity contribution in [3.63, 3.8) is 0 Å². The number of carbonyl (C=O) groups excluding carboxylic acids is 3. The number of carbonyl (C=O) groups is 3. The highest BCUT2D eigenvalue weighted by molar-refractivity contribution is 6.10. The van der Waals surface area contributed by atoms with Crippen molar-refractivity contribution in [3.05, 3.63) is 118 Å². The van der Waals surface area contributed by atoms with Crippen LogP contribution in [-0.4, -0.2) is 148 Å². The fraction of sp³-hybridized carbons (Fsp3) is 0.493. The minimum atomic E-state index is -0.518. The Labute approximate surface area is 513 Å². The second-order valence-electron chi connectivity index (χ2n) is 24.1. The van der Waals surface area contributed by atoms with Gasteiger partial charge in [-0.15, -0.1) is 5.10 Å². The van der Waals surface area contributed by atoms with Crippen LogP contribution in [0.25, 0.3) is 44.1 Å². The Balaban J connectivity index is 0.000000210. The molecule has 2 aromatic carbocycles. The summed E-state index contributed by atoms with van der Waals surface area (Å²) < 4.78 is 23.2. The molecule has 3 atom stereocenters. The van der Waals surface area contributed by atoms with Gasteiger partial charge in [0.25, 0.3) is 11.8 Å². The van der Waals surface area contributed by atoms with E-state index in [4.69, 9.17) is 24.2 Å². The van der Waals surface area contributed by atoms with Gasteiger partial charge in [-0.25, -0.2) is 20.2 Å². The molecule has 20 nitrogen and oxygen atoms in total. The molecule has 8 heterocycles. The molecular weight excluding hydrogens is 1100 g/mol. The van der Waals surface area contributed by atoms with E-state index in [2.05, 4.69) is 149 Å². The SMILES string of the molecule is CCC(C)n1cc(C)c2c(C(=O)NCC3=C(C)N(CC)NC3OC)cc(-c3ccc(N4CCNCC4)nc3)cc21.CCC(C)n1cc(C)c2c(C(=O)NCc3c(OC)nn(CC)c3C)cc(-c3ccc(N4CCN(C(=O)OC(C)(C)C)CC4)nc3)cc21. The molecule has 3 amide bonds. The van der Waals surface area contributed by atoms with Crippen LogP contribution < -0.4 is 35.9 Å². The maximum Gasteiger partial charge on any atom is 0.410 e. The number of hydrogen-bond donors (Lipinski definition) is 4. The lowest BCUT2D eigenvalue weighted by Crippen LogP contribution is -2.50. The molecule has 2 saturated heterocycles. The van der Waals surface area contributed by atoms with Crippen LogP contribution in [0.2, 0.25) is 0 Å². The highest BCUT2D eigenvalue weighted by atomic mass is 16.6. The van der Waals surface area contributed by atoms with Gasteiger partial charge in [0, 0.05) is 177 Å². The zero-order valence-corrected chi connectivity index (χ0v) is 54.0. The van der Waals surface area contributed by atoms with E-state index in [0.717, 1.165) is 141 Å². The molecule has 0 bridgehead atoms. The Bertz CT molecular complexity index is 3600. The van der Waals surface area contributed by atoms with Gasteiger partial charge in [-0.2, -0.15) is 0 Å². The summed E-state index contributed by atoms with van der Waals surface area (Å²) in [7, 11) is 3.28. The summed E-state index contributed by atoms with van der Waals surface area (Å²) in [6.07, 6.45) is 9.57. The Hall–Kier alpha value is -7.94. The van der Waals surface area contributed by atoms with Gasteiger partial charge < -0.3 is 59.0 Å². The van der Waals surface area contributed by atoms with Crippen LogP contribution >= 0.6 is 0 Å². The van der Waals surface area contributed by atoms with Crippen LogP contribution in [0.1, 0.15) is 137 Å². The minimum absolute atomic E-state index is 0.0904. The topological polar surface area (TPSA) is 193 Å². The summed E-state index contributed by atoms with van der Waals surface area (Å²) in [5, 5.41) is 18.3. The lowest BCUT2D eigenvalue weighted by molar-refractivity contribution is 0.0240. The Morgan fingerprint density at radius 3 is 1.64 bits per heavy atom. The second-order valence-corrected chi connectivity index (χ2v) is 24.1. The van der Waals surface area contributed by atoms with Crippen LogP contribution in [0.4, 0.5) is 16.4 Å². The second kappa shape index (κ2) is 27.4. The first-order chi connectivity index (χ1) is 41.7. The number of hydrogen-bond acceptors (Lipinski definition) is 14. The quantitative estimate of drug-likeness (QED) is 0.0634. The smallest absolute Gasteiger partial charge is 0.410 e. The number of anilines is 2. The molecule has 0 spiro atoms. The molecule has 20 heteroatoms. The largest absolute Gasteiger partial charge is 0.480 e. The highest BCUT2D eigenvalue weighted by Crippen LogP contribution is 2.37. The number of aromatic nitrogens is 6. The molecule has 3 aliphatic heterocycles. The minimum Gasteiger partial charge on any atom is -0.480 e. The normalized spacial score (nSPS) is 16.3. The molecular formula is C67H92N14O6. The van der Waals surface area contributed by atoms with E-state index < -0.39 is 5.60 Å². The number of amides is 3. The summed E-state index contributed by atoms with van der Waals surface area (Å²) in [5.74, 6) is 2.13. The highest BCUT2D eigenvalue weighted by Gasteiger charge is 2.30. The van der Waals surface area contributed by atoms with Gasteiger partial charge >= 0.3 is 6.09 Å². The van der Waals surface area contributed by atoms with E-state index in [9.17, 15) is 14.4 Å². The Morgan fingerprint density at radius 1 is 0.678 bits per heavy atom. The molecule has 3 aliphatic rings. The Kier molecular flexibility index (Phi) is 20.0. The number of piperazine rings is 2. The molecule has 466 valence electrons. The molecule has 2 fully saturated rings. The molecule has 4 N–H and O–H groups in total. The Morgan fingerprint density at radius 2 is 1.20 bits per heavy atom. The maximum atomic E-state index is 14.0. The van der Waals surface area contributed by atoms with Gasteiger partial charge in [-0.05, 0) is 160 Å². The van der Waals surface area contributed by atoms with Gasteiger partial charge in [0.15, 0.2) is 0 Å². The predicted molar refractivity (Wildman–Crippen MR) is 347 cm³/mol. The predicted octanol–water partition coefficient (Wildman–Crippen LogP) is 10.7. The van der Waals surface area contributed by atoms with E-state index in [1.807, 2.05) is 69.9 Å². The van der Waals surface area contributed by atoms with Gasteiger partial charge in [0.05, 0.1) is 19.2 Å². The zero-order chi connectivity index (χ0) is 62.4. The third-order valence-corrected chi connectivity index (χ3v) is 17.4. The number of nitrogens with zero attached hydrogens (tertiary/aromatic N) is 10. The van der Waals surface area contributed by atoms with E-state index >= 15 is 0 Å². The third kappa shape index (κ3) is 13.8. The molecule has 5 aromatic heterocycles. The summed E-state index contributed by atoms with van der Waals surface area (Å²) in [5.41, 5.74) is 16.2. The van der Waals surface area contributed by atoms with Crippen LogP contribution in [0.5, 0.6) is 5.88 Å². The van der Waals surface area contributed by atoms with Crippen LogP contribution in [0.15, 0.2) is 84.6 Å². The number of nitrogens with one attached hydrogen (secondary N) is 4. The molecule has 3 unspecified atom stereocenters. The number of methoxy groups -OCH3 is 2. The maximum absolute atomic E-state index is 14.0. The fourth-order valence-electron chi connectivity index (χ4n) is 12.0. The van der Waals surface area contributed by atoms with Gasteiger partial charge in [0.1, 0.15) is 23.5 Å². The summed E-state index contributed by atoms with van der Waals surface area (Å²) in [6, 6.07) is 17.2. The average Bonchev–Trinajstić information content (AvgIpc) is 2.86. The summed E-state index contributed by atoms with van der Waals surface area (Å²) in [6.45, 7) is 35.3. The van der Waals surface area contributed by atoms with E-state index in [-0.39, 0.29) is 30.2 Å². The van der Waals surface area contributed by atoms with Crippen molar-refractivity contribution in [2.24, 2.45) is 0 Å². The molecule has 0 aliphatic carbocycles. The van der Waals surface area contributed by atoms with Crippen molar-refractivity contribution >= 4 is 51.3 Å². The fourth-order valence-corrected chi connectivity index (χ4v) is 12.0. The van der Waals surface area contributed by atoms with Crippen molar-refractivity contribution in [1.82, 2.24) is 60.2 Å². The van der Waals surface area contributed by atoms with Crippen molar-refractivity contribution in [3.8, 4) is 28.1 Å². The van der Waals surface area contributed by atoms with Crippen molar-refractivity contribution in [2.75, 3.05) is 89.5 Å². The van der Waals surface area contributed by atoms with Gasteiger partial charge in [-0.3, -0.25) is 14.3 Å². The number of allylic oxidation sites excluding steroid dienone is 1. The van der Waals surface area contributed by atoms with E-state index in [1.165, 1.54) is 0 Å². The summed E-state index contributed by atoms with van der Waals surface area (Å²) >= 11 is 0. The standard InChI is InChI=1S/C36H49N7O4.C31H43N7O2/c1-10-24(4)42-22-23(3)32-28(33(44)38-21-29-25(5)43(11-2)39-34(29)46-9)18-27(19-30(32)42)26-12-13-31(37-20-26)40-14-16-41(17-15-40)35(45)47-36(6,7)8;1-7-21(4)37-19-20(3)29-25(30(39)34-18-26-22(5)38(8-2)35-31(26)40-6)15-24(16-27(29)37)23-9-10-28(33-17-23)36-13-11-32-12-14-36/h12-13,18-20,22,24H,10-11,14-17,21H2,1-9H3,(H,38,44);9-10,15-17,19,21,31-32,35H,7-8,11-14,18H2,1-6H3,(H,34,39). The third-order valence-electron chi connectivity index (χ3n) is 17.4. The molecule has 0 saturated carbocycles. The lowest BCUT2D eigenvalue weighted by atomic mass is 9.98. The average molecular weight is 1190 g/mol. The van der Waals surface area contributed by atoms with Crippen molar-refractivity contribution in [1.29, 1.82) is 0 Å². The number of rotatable bonds is 18. The lowest BCUT2D eigenvalue weighted by Gasteiger charge is -2.36. The van der Waals surface area contributed by atoms with E-state index in [1.54, 1.807) is 19.1 Å². The van der Waals surface area contributed by atoms with Crippen LogP contribution in [0, 0.1) is 20.8 Å². The molecule has 7 aromatic rings.